The molecule has 0 fully saturated rings. The van der Waals surface area contributed by atoms with E-state index in [4.69, 9.17) is 0 Å². The first-order valence-electron chi connectivity index (χ1n) is 8.28. The lowest BCUT2D eigenvalue weighted by Gasteiger charge is -2.20. The molecule has 0 spiro atoms. The zero-order valence-electron chi connectivity index (χ0n) is 12.9. The smallest absolute Gasteiger partial charge is 0.0414 e. The summed E-state index contributed by atoms with van der Waals surface area (Å²) < 4.78 is 0. The van der Waals surface area contributed by atoms with E-state index in [1.165, 1.54) is 70.6 Å². The lowest BCUT2D eigenvalue weighted by atomic mass is 9.86. The first-order valence-corrected chi connectivity index (χ1v) is 8.28. The van der Waals surface area contributed by atoms with Crippen LogP contribution in [-0.2, 0) is 0 Å². The van der Waals surface area contributed by atoms with E-state index >= 15 is 0 Å². The molecule has 0 aromatic carbocycles. The highest BCUT2D eigenvalue weighted by atomic mass is 14.2. The molecular formula is C17H36. The summed E-state index contributed by atoms with van der Waals surface area (Å²) in [4.78, 5) is 0. The van der Waals surface area contributed by atoms with Gasteiger partial charge in [-0.25, -0.2) is 0 Å². The van der Waals surface area contributed by atoms with E-state index in [-0.39, 0.29) is 0 Å². The van der Waals surface area contributed by atoms with Gasteiger partial charge in [-0.3, -0.25) is 0 Å². The summed E-state index contributed by atoms with van der Waals surface area (Å²) in [5.74, 6) is 1.99. The van der Waals surface area contributed by atoms with Gasteiger partial charge in [0, 0.05) is 0 Å². The van der Waals surface area contributed by atoms with Crippen LogP contribution in [0.1, 0.15) is 98.3 Å². The van der Waals surface area contributed by atoms with Crippen molar-refractivity contribution in [3.63, 3.8) is 0 Å². The minimum absolute atomic E-state index is 0.986. The molecule has 0 aromatic heterocycles. The second kappa shape index (κ2) is 12.5. The highest BCUT2D eigenvalue weighted by Crippen LogP contribution is 2.25. The van der Waals surface area contributed by atoms with Gasteiger partial charge in [0.05, 0.1) is 0 Å². The van der Waals surface area contributed by atoms with E-state index in [0.717, 1.165) is 11.8 Å². The first-order chi connectivity index (χ1) is 8.28. The van der Waals surface area contributed by atoms with Gasteiger partial charge in [-0.2, -0.15) is 0 Å². The molecule has 1 atom stereocenters. The highest BCUT2D eigenvalue weighted by Gasteiger charge is 2.12. The minimum atomic E-state index is 0.986. The topological polar surface area (TPSA) is 0 Å². The van der Waals surface area contributed by atoms with Crippen LogP contribution >= 0.6 is 0 Å². The number of hydrogen-bond acceptors (Lipinski definition) is 0. The lowest BCUT2D eigenvalue weighted by molar-refractivity contribution is 0.321. The molecule has 0 radical (unpaired) electrons. The molecule has 1 unspecified atom stereocenters. The summed E-state index contributed by atoms with van der Waals surface area (Å²) >= 11 is 0. The molecule has 0 rings (SSSR count). The van der Waals surface area contributed by atoms with E-state index in [2.05, 4.69) is 27.7 Å². The third-order valence-corrected chi connectivity index (χ3v) is 4.36. The van der Waals surface area contributed by atoms with Gasteiger partial charge in [0.1, 0.15) is 0 Å². The molecule has 104 valence electrons. The summed E-state index contributed by atoms with van der Waals surface area (Å²) in [6.07, 6.45) is 15.8. The van der Waals surface area contributed by atoms with Crippen LogP contribution in [0.2, 0.25) is 0 Å². The molecule has 0 amide bonds. The van der Waals surface area contributed by atoms with Crippen molar-refractivity contribution in [2.45, 2.75) is 98.3 Å². The molecule has 0 aliphatic carbocycles. The monoisotopic (exact) mass is 240 g/mol. The maximum Gasteiger partial charge on any atom is -0.0414 e. The maximum atomic E-state index is 2.38. The summed E-state index contributed by atoms with van der Waals surface area (Å²) in [5.41, 5.74) is 0. The van der Waals surface area contributed by atoms with Crippen LogP contribution < -0.4 is 0 Å². The average molecular weight is 240 g/mol. The van der Waals surface area contributed by atoms with Gasteiger partial charge < -0.3 is 0 Å². The number of unbranched alkanes of at least 4 members (excludes halogenated alkanes) is 5. The largest absolute Gasteiger partial charge is 0.0654 e. The third kappa shape index (κ3) is 9.68. The molecule has 0 aliphatic rings. The van der Waals surface area contributed by atoms with Crippen LogP contribution in [0, 0.1) is 11.8 Å². The molecule has 0 aromatic rings. The Morgan fingerprint density at radius 3 is 1.65 bits per heavy atom. The van der Waals surface area contributed by atoms with Crippen molar-refractivity contribution in [1.82, 2.24) is 0 Å². The molecule has 17 heavy (non-hydrogen) atoms. The van der Waals surface area contributed by atoms with Gasteiger partial charge >= 0.3 is 0 Å². The lowest BCUT2D eigenvalue weighted by Crippen LogP contribution is -2.07. The Morgan fingerprint density at radius 2 is 1.12 bits per heavy atom. The number of hydrogen-bond donors (Lipinski definition) is 0. The molecule has 0 heterocycles. The van der Waals surface area contributed by atoms with E-state index in [1.807, 2.05) is 0 Å². The van der Waals surface area contributed by atoms with Crippen molar-refractivity contribution in [2.24, 2.45) is 11.8 Å². The maximum absolute atomic E-state index is 2.38. The van der Waals surface area contributed by atoms with Crippen LogP contribution in [0.15, 0.2) is 0 Å². The Hall–Kier alpha value is 0. The normalized spacial score (nSPS) is 13.2. The number of rotatable bonds is 12. The summed E-state index contributed by atoms with van der Waals surface area (Å²) in [6.45, 7) is 9.38. The minimum Gasteiger partial charge on any atom is -0.0654 e. The average Bonchev–Trinajstić information content (AvgIpc) is 2.37. The Labute approximate surface area is 111 Å². The zero-order chi connectivity index (χ0) is 12.9. The van der Waals surface area contributed by atoms with Crippen molar-refractivity contribution < 1.29 is 0 Å². The fraction of sp³-hybridized carbons (Fsp3) is 1.00. The summed E-state index contributed by atoms with van der Waals surface area (Å²) in [7, 11) is 0. The Kier molecular flexibility index (Phi) is 12.5. The molecule has 0 aliphatic heterocycles. The van der Waals surface area contributed by atoms with Crippen LogP contribution in [0.25, 0.3) is 0 Å². The molecular weight excluding hydrogens is 204 g/mol. The second-order valence-corrected chi connectivity index (χ2v) is 5.75. The van der Waals surface area contributed by atoms with Crippen LogP contribution in [0.4, 0.5) is 0 Å². The van der Waals surface area contributed by atoms with Crippen molar-refractivity contribution in [3.8, 4) is 0 Å². The second-order valence-electron chi connectivity index (χ2n) is 5.75. The SMILES string of the molecule is CCCCCCCCC(CC)CC(CC)CC. The van der Waals surface area contributed by atoms with E-state index < -0.39 is 0 Å². The van der Waals surface area contributed by atoms with Gasteiger partial charge in [0.15, 0.2) is 0 Å². The van der Waals surface area contributed by atoms with Crippen molar-refractivity contribution in [2.75, 3.05) is 0 Å². The van der Waals surface area contributed by atoms with Crippen LogP contribution in [0.5, 0.6) is 0 Å². The van der Waals surface area contributed by atoms with E-state index in [9.17, 15) is 0 Å². The highest BCUT2D eigenvalue weighted by molar-refractivity contribution is 4.64. The Bertz CT molecular complexity index is 135. The predicted octanol–water partition coefficient (Wildman–Crippen LogP) is 6.59. The quantitative estimate of drug-likeness (QED) is 0.338. The zero-order valence-corrected chi connectivity index (χ0v) is 12.9. The molecule has 0 heteroatoms. The fourth-order valence-corrected chi connectivity index (χ4v) is 2.80. The predicted molar refractivity (Wildman–Crippen MR) is 80.5 cm³/mol. The van der Waals surface area contributed by atoms with Crippen molar-refractivity contribution in [3.05, 3.63) is 0 Å². The molecule has 0 nitrogen and oxygen atoms in total. The third-order valence-electron chi connectivity index (χ3n) is 4.36. The van der Waals surface area contributed by atoms with Gasteiger partial charge in [0.25, 0.3) is 0 Å². The molecule has 0 bridgehead atoms. The van der Waals surface area contributed by atoms with Gasteiger partial charge in [-0.1, -0.05) is 91.9 Å². The summed E-state index contributed by atoms with van der Waals surface area (Å²) in [5, 5.41) is 0. The van der Waals surface area contributed by atoms with Gasteiger partial charge in [-0.05, 0) is 18.3 Å². The fourth-order valence-electron chi connectivity index (χ4n) is 2.80. The van der Waals surface area contributed by atoms with Crippen LogP contribution in [-0.4, -0.2) is 0 Å². The first kappa shape index (κ1) is 17.0. The molecule has 0 saturated heterocycles. The van der Waals surface area contributed by atoms with Gasteiger partial charge in [-0.15, -0.1) is 0 Å². The van der Waals surface area contributed by atoms with Crippen LogP contribution in [0.3, 0.4) is 0 Å². The Balaban J connectivity index is 3.53. The molecule has 0 N–H and O–H groups in total. The molecule has 0 saturated carbocycles. The van der Waals surface area contributed by atoms with E-state index in [0.29, 0.717) is 0 Å². The van der Waals surface area contributed by atoms with Crippen molar-refractivity contribution in [1.29, 1.82) is 0 Å². The standard InChI is InChI=1S/C17H36/c1-5-9-10-11-12-13-14-17(8-4)15-16(6-2)7-3/h16-17H,5-15H2,1-4H3. The van der Waals surface area contributed by atoms with Gasteiger partial charge in [0.2, 0.25) is 0 Å². The Morgan fingerprint density at radius 1 is 0.588 bits per heavy atom. The van der Waals surface area contributed by atoms with E-state index in [1.54, 1.807) is 0 Å². The van der Waals surface area contributed by atoms with Crippen molar-refractivity contribution >= 4 is 0 Å². The summed E-state index contributed by atoms with van der Waals surface area (Å²) in [6, 6.07) is 0.